The van der Waals surface area contributed by atoms with Crippen molar-refractivity contribution in [2.75, 3.05) is 7.11 Å². The first-order chi connectivity index (χ1) is 7.63. The summed E-state index contributed by atoms with van der Waals surface area (Å²) in [7, 11) is 1.51. The summed E-state index contributed by atoms with van der Waals surface area (Å²) in [5.74, 6) is 0.0478. The molecule has 2 N–H and O–H groups in total. The van der Waals surface area contributed by atoms with Crippen molar-refractivity contribution >= 4 is 23.7 Å². The molecule has 16 heavy (non-hydrogen) atoms. The van der Waals surface area contributed by atoms with Gasteiger partial charge in [-0.15, -0.1) is 0 Å². The number of nitrogens with zero attached hydrogens (tertiary/aromatic N) is 1. The molecule has 1 aliphatic carbocycles. The van der Waals surface area contributed by atoms with E-state index in [-0.39, 0.29) is 6.04 Å². The minimum atomic E-state index is -0.512. The van der Waals surface area contributed by atoms with Gasteiger partial charge in [-0.1, -0.05) is 11.6 Å². The smallest absolute Gasteiger partial charge is 0.252 e. The van der Waals surface area contributed by atoms with Crippen molar-refractivity contribution in [3.05, 3.63) is 34.1 Å². The number of rotatable bonds is 2. The lowest BCUT2D eigenvalue weighted by Gasteiger charge is -2.25. The predicted molar refractivity (Wildman–Crippen MR) is 62.1 cm³/mol. The SMILES string of the molecule is COC1=C(C(N)=O)C=C2C(Cl)=CC=NC2C1. The molecule has 0 bridgehead atoms. The molecule has 84 valence electrons. The first-order valence-corrected chi connectivity index (χ1v) is 5.19. The highest BCUT2D eigenvalue weighted by Gasteiger charge is 2.28. The van der Waals surface area contributed by atoms with Crippen LogP contribution in [-0.4, -0.2) is 25.3 Å². The Hall–Kier alpha value is -1.55. The van der Waals surface area contributed by atoms with E-state index in [1.54, 1.807) is 18.4 Å². The Morgan fingerprint density at radius 1 is 1.69 bits per heavy atom. The van der Waals surface area contributed by atoms with Gasteiger partial charge in [0.15, 0.2) is 0 Å². The third-order valence-corrected chi connectivity index (χ3v) is 2.96. The quantitative estimate of drug-likeness (QED) is 0.788. The van der Waals surface area contributed by atoms with Gasteiger partial charge in [0.1, 0.15) is 5.76 Å². The number of carbonyl (C=O) groups is 1. The van der Waals surface area contributed by atoms with E-state index in [2.05, 4.69) is 4.99 Å². The van der Waals surface area contributed by atoms with Gasteiger partial charge in [-0.25, -0.2) is 0 Å². The number of aliphatic imine (C=N–C) groups is 1. The molecular weight excluding hydrogens is 228 g/mol. The number of nitrogens with two attached hydrogens (primary N) is 1. The molecule has 5 heteroatoms. The van der Waals surface area contributed by atoms with Crippen LogP contribution in [0.2, 0.25) is 0 Å². The third-order valence-electron chi connectivity index (χ3n) is 2.61. The molecule has 0 fully saturated rings. The van der Waals surface area contributed by atoms with Crippen LogP contribution in [0.5, 0.6) is 0 Å². The van der Waals surface area contributed by atoms with Gasteiger partial charge in [0.2, 0.25) is 0 Å². The topological polar surface area (TPSA) is 64.7 Å². The molecule has 0 saturated heterocycles. The Morgan fingerprint density at radius 2 is 2.44 bits per heavy atom. The highest BCUT2D eigenvalue weighted by molar-refractivity contribution is 6.33. The lowest BCUT2D eigenvalue weighted by atomic mass is 9.91. The summed E-state index contributed by atoms with van der Waals surface area (Å²) in [5.41, 5.74) is 6.47. The largest absolute Gasteiger partial charge is 0.500 e. The zero-order chi connectivity index (χ0) is 11.7. The molecule has 0 aromatic carbocycles. The van der Waals surface area contributed by atoms with Crippen molar-refractivity contribution in [3.63, 3.8) is 0 Å². The number of allylic oxidation sites excluding steroid dienone is 1. The second-order valence-corrected chi connectivity index (χ2v) is 3.94. The van der Waals surface area contributed by atoms with Crippen molar-refractivity contribution < 1.29 is 9.53 Å². The number of amides is 1. The standard InChI is InChI=1S/C11H11ClN2O2/c1-16-10-5-9-6(4-7(10)11(13)15)8(12)2-3-14-9/h2-4,9H,5H2,1H3,(H2,13,15). The van der Waals surface area contributed by atoms with Crippen molar-refractivity contribution in [2.24, 2.45) is 10.7 Å². The molecule has 1 amide bonds. The minimum Gasteiger partial charge on any atom is -0.500 e. The van der Waals surface area contributed by atoms with E-state index >= 15 is 0 Å². The maximum absolute atomic E-state index is 11.2. The summed E-state index contributed by atoms with van der Waals surface area (Å²) in [6, 6.07) is -0.0736. The number of hydrogen-bond donors (Lipinski definition) is 1. The summed E-state index contributed by atoms with van der Waals surface area (Å²) in [6.45, 7) is 0. The van der Waals surface area contributed by atoms with Crippen LogP contribution in [0.3, 0.4) is 0 Å². The molecule has 2 rings (SSSR count). The first-order valence-electron chi connectivity index (χ1n) is 4.81. The Morgan fingerprint density at radius 3 is 3.06 bits per heavy atom. The van der Waals surface area contributed by atoms with E-state index < -0.39 is 5.91 Å². The average molecular weight is 239 g/mol. The van der Waals surface area contributed by atoms with Crippen LogP contribution in [-0.2, 0) is 9.53 Å². The number of fused-ring (bicyclic) bond motifs is 1. The number of ether oxygens (including phenoxy) is 1. The summed E-state index contributed by atoms with van der Waals surface area (Å²) in [5, 5.41) is 0.592. The van der Waals surface area contributed by atoms with Crippen LogP contribution in [0.25, 0.3) is 0 Å². The van der Waals surface area contributed by atoms with Crippen molar-refractivity contribution in [1.29, 1.82) is 0 Å². The van der Waals surface area contributed by atoms with E-state index in [0.29, 0.717) is 22.8 Å². The fraction of sp³-hybridized carbons (Fsp3) is 0.273. The van der Waals surface area contributed by atoms with Crippen LogP contribution in [0.4, 0.5) is 0 Å². The van der Waals surface area contributed by atoms with E-state index in [0.717, 1.165) is 5.57 Å². The summed E-state index contributed by atoms with van der Waals surface area (Å²) in [4.78, 5) is 15.5. The van der Waals surface area contributed by atoms with Crippen LogP contribution in [0.15, 0.2) is 39.1 Å². The van der Waals surface area contributed by atoms with Crippen LogP contribution in [0.1, 0.15) is 6.42 Å². The summed E-state index contributed by atoms with van der Waals surface area (Å²) in [6.07, 6.45) is 5.53. The van der Waals surface area contributed by atoms with Gasteiger partial charge in [0, 0.05) is 17.7 Å². The highest BCUT2D eigenvalue weighted by Crippen LogP contribution is 2.34. The monoisotopic (exact) mass is 238 g/mol. The predicted octanol–water partition coefficient (Wildman–Crippen LogP) is 1.28. The molecule has 1 unspecified atom stereocenters. The maximum Gasteiger partial charge on any atom is 0.252 e. The third kappa shape index (κ3) is 1.76. The number of methoxy groups -OCH3 is 1. The Kier molecular flexibility index (Phi) is 2.83. The summed E-state index contributed by atoms with van der Waals surface area (Å²) >= 11 is 6.04. The van der Waals surface area contributed by atoms with E-state index in [1.807, 2.05) is 0 Å². The molecule has 0 spiro atoms. The Labute approximate surface area is 98.1 Å². The normalized spacial score (nSPS) is 23.5. The number of carbonyl (C=O) groups excluding carboxylic acids is 1. The molecule has 4 nitrogen and oxygen atoms in total. The van der Waals surface area contributed by atoms with Crippen molar-refractivity contribution in [1.82, 2.24) is 0 Å². The Balaban J connectivity index is 2.47. The van der Waals surface area contributed by atoms with Gasteiger partial charge in [0.25, 0.3) is 5.91 Å². The lowest BCUT2D eigenvalue weighted by molar-refractivity contribution is -0.114. The fourth-order valence-corrected chi connectivity index (χ4v) is 2.04. The second-order valence-electron chi connectivity index (χ2n) is 3.54. The lowest BCUT2D eigenvalue weighted by Crippen LogP contribution is -2.24. The molecule has 0 saturated carbocycles. The second kappa shape index (κ2) is 4.14. The van der Waals surface area contributed by atoms with Gasteiger partial charge in [-0.05, 0) is 17.7 Å². The number of halogens is 1. The van der Waals surface area contributed by atoms with E-state index in [9.17, 15) is 4.79 Å². The molecular formula is C11H11ClN2O2. The average Bonchev–Trinajstić information content (AvgIpc) is 2.27. The van der Waals surface area contributed by atoms with Crippen molar-refractivity contribution in [3.8, 4) is 0 Å². The molecule has 0 aromatic rings. The summed E-state index contributed by atoms with van der Waals surface area (Å²) < 4.78 is 5.15. The van der Waals surface area contributed by atoms with E-state index in [1.165, 1.54) is 7.11 Å². The zero-order valence-corrected chi connectivity index (χ0v) is 9.49. The minimum absolute atomic E-state index is 0.0736. The van der Waals surface area contributed by atoms with E-state index in [4.69, 9.17) is 22.1 Å². The van der Waals surface area contributed by atoms with Crippen LogP contribution >= 0.6 is 11.6 Å². The fourth-order valence-electron chi connectivity index (χ4n) is 1.80. The molecule has 1 aliphatic heterocycles. The number of hydrogen-bond acceptors (Lipinski definition) is 3. The molecule has 1 heterocycles. The van der Waals surface area contributed by atoms with Crippen LogP contribution < -0.4 is 5.73 Å². The van der Waals surface area contributed by atoms with Crippen molar-refractivity contribution in [2.45, 2.75) is 12.5 Å². The van der Waals surface area contributed by atoms with Gasteiger partial charge < -0.3 is 10.5 Å². The van der Waals surface area contributed by atoms with Crippen LogP contribution in [0, 0.1) is 0 Å². The van der Waals surface area contributed by atoms with Gasteiger partial charge in [-0.2, -0.15) is 0 Å². The Bertz CT molecular complexity index is 461. The van der Waals surface area contributed by atoms with Gasteiger partial charge in [0.05, 0.1) is 18.7 Å². The zero-order valence-electron chi connectivity index (χ0n) is 8.74. The van der Waals surface area contributed by atoms with Gasteiger partial charge in [-0.3, -0.25) is 9.79 Å². The molecule has 0 radical (unpaired) electrons. The first kappa shape index (κ1) is 11.0. The number of primary amides is 1. The van der Waals surface area contributed by atoms with Gasteiger partial charge >= 0.3 is 0 Å². The molecule has 1 atom stereocenters. The maximum atomic E-state index is 11.2. The highest BCUT2D eigenvalue weighted by atomic mass is 35.5. The number of dihydropyridines is 1. The molecule has 2 aliphatic rings. The molecule has 0 aromatic heterocycles.